The van der Waals surface area contributed by atoms with Gasteiger partial charge in [0.1, 0.15) is 18.7 Å². The molecule has 8 N–H and O–H groups in total. The summed E-state index contributed by atoms with van der Waals surface area (Å²) in [4.78, 5) is 127. The number of amides is 9. The first-order chi connectivity index (χ1) is 41.1. The molecule has 0 saturated carbocycles. The van der Waals surface area contributed by atoms with Crippen LogP contribution in [0, 0.1) is 47.9 Å². The quantitative estimate of drug-likeness (QED) is 0.0284. The number of benzene rings is 2. The molecule has 87 heavy (non-hydrogen) atoms. The molecule has 0 aliphatic carbocycles. The zero-order valence-corrected chi connectivity index (χ0v) is 53.9. The molecule has 0 aromatic heterocycles. The number of nitrogens with two attached hydrogens (primary N) is 1. The molecule has 0 spiro atoms. The number of carbonyl (C=O) groups is 9. The lowest BCUT2D eigenvalue weighted by atomic mass is 9.89. The van der Waals surface area contributed by atoms with Gasteiger partial charge in [-0.3, -0.25) is 38.5 Å². The fourth-order valence-electron chi connectivity index (χ4n) is 11.3. The SMILES string of the molecule is C#CCCCC(=O)NC(C(=O)C[C@@H](CCCNC(N)=O)C(=O)Nc1ccc(COC(=O)N(C)[C@H](C(=O)N[C@H](C(=O)N(C)C([C@@H](C)CC)[C@@H](CC(=O)N2CCC[C@H]2[C@H](OC)[C@@H](C)C(=O)N[C@H](C)[C@@H](O)c2ccccc2)OC)C(C)C)C(C)C)cc1)C(C)C. The largest absolute Gasteiger partial charge is 0.445 e. The Morgan fingerprint density at radius 1 is 0.782 bits per heavy atom. The molecule has 2 aromatic carbocycles. The number of terminal acetylenes is 1. The van der Waals surface area contributed by atoms with Crippen molar-refractivity contribution in [1.29, 1.82) is 0 Å². The average Bonchev–Trinajstić information content (AvgIpc) is 3.22. The molecule has 22 nitrogen and oxygen atoms in total. The maximum Gasteiger partial charge on any atom is 0.410 e. The van der Waals surface area contributed by atoms with Crippen LogP contribution in [-0.4, -0.2) is 163 Å². The number of aliphatic hydroxyl groups excluding tert-OH is 1. The van der Waals surface area contributed by atoms with Crippen molar-refractivity contribution in [2.24, 2.45) is 41.2 Å². The Labute approximate surface area is 516 Å². The Hall–Kier alpha value is -7.09. The fraction of sp³-hybridized carbons (Fsp3) is 0.646. The van der Waals surface area contributed by atoms with E-state index in [2.05, 4.69) is 32.5 Å². The van der Waals surface area contributed by atoms with Gasteiger partial charge in [-0.15, -0.1) is 12.3 Å². The average molecular weight is 1220 g/mol. The standard InChI is InChI=1S/C65H101N9O13/c1-16-18-20-29-52(76)70-54(39(3)4)50(75)36-47(27-23-34-67-64(66)83)61(80)69-48-32-30-45(31-33-48)38-87-65(84)73(13)56(41(7)8)62(81)71-55(40(5)6)63(82)72(12)57(42(9)17-2)51(85-14)37-53(77)74-35-24-28-49(74)59(86-15)43(10)60(79)68-44(11)58(78)46-25-21-19-22-26-46/h1,19,21-22,25-26,30-33,39-44,47,49,51,54-59,78H,17-18,20,23-24,27-29,34-38H2,2-15H3,(H,68,79)(H,69,80)(H,70,76)(H,71,81)(H3,66,67,83)/t42-,43+,44+,47+,49-,51+,54?,55-,56-,57?,58+,59+/m0/s1. The molecular formula is C65H101N9O13. The van der Waals surface area contributed by atoms with Crippen molar-refractivity contribution in [3.63, 3.8) is 0 Å². The second-order valence-electron chi connectivity index (χ2n) is 24.2. The number of nitrogens with zero attached hydrogens (tertiary/aromatic N) is 3. The summed E-state index contributed by atoms with van der Waals surface area (Å²) in [6.45, 7) is 18.6. The molecule has 0 radical (unpaired) electrons. The molecule has 3 rings (SSSR count). The smallest absolute Gasteiger partial charge is 0.410 e. The molecule has 12 atom stereocenters. The van der Waals surface area contributed by atoms with E-state index in [0.717, 1.165) is 0 Å². The van der Waals surface area contributed by atoms with Crippen molar-refractivity contribution in [3.8, 4) is 12.3 Å². The normalized spacial score (nSPS) is 17.0. The van der Waals surface area contributed by atoms with Gasteiger partial charge in [0, 0.05) is 72.3 Å². The number of nitrogens with one attached hydrogen (secondary N) is 5. The second kappa shape index (κ2) is 36.9. The van der Waals surface area contributed by atoms with E-state index in [9.17, 15) is 48.3 Å². The van der Waals surface area contributed by atoms with E-state index >= 15 is 0 Å². The fourth-order valence-corrected chi connectivity index (χ4v) is 11.3. The van der Waals surface area contributed by atoms with Crippen LogP contribution < -0.4 is 32.3 Å². The third kappa shape index (κ3) is 22.5. The van der Waals surface area contributed by atoms with Gasteiger partial charge in [-0.05, 0) is 86.0 Å². The van der Waals surface area contributed by atoms with Gasteiger partial charge in [0.2, 0.25) is 35.4 Å². The van der Waals surface area contributed by atoms with Crippen LogP contribution in [0.1, 0.15) is 151 Å². The number of aliphatic hydroxyl groups is 1. The number of ether oxygens (including phenoxy) is 3. The highest BCUT2D eigenvalue weighted by Crippen LogP contribution is 2.31. The van der Waals surface area contributed by atoms with Crippen molar-refractivity contribution >= 4 is 59.0 Å². The van der Waals surface area contributed by atoms with Gasteiger partial charge >= 0.3 is 12.1 Å². The zero-order valence-electron chi connectivity index (χ0n) is 53.9. The third-order valence-electron chi connectivity index (χ3n) is 16.6. The van der Waals surface area contributed by atoms with Gasteiger partial charge < -0.3 is 61.4 Å². The molecule has 1 aliphatic heterocycles. The molecule has 2 aromatic rings. The summed E-state index contributed by atoms with van der Waals surface area (Å²) in [5, 5.41) is 25.0. The summed E-state index contributed by atoms with van der Waals surface area (Å²) < 4.78 is 17.7. The van der Waals surface area contributed by atoms with Crippen LogP contribution in [0.3, 0.4) is 0 Å². The number of likely N-dealkylation sites (tertiary alicyclic amines) is 1. The first-order valence-electron chi connectivity index (χ1n) is 30.7. The molecule has 0 bridgehead atoms. The molecule has 9 amide bonds. The molecule has 1 saturated heterocycles. The Morgan fingerprint density at radius 3 is 1.99 bits per heavy atom. The number of carbonyl (C=O) groups excluding carboxylic acids is 9. The summed E-state index contributed by atoms with van der Waals surface area (Å²) in [5.74, 6) is -2.89. The highest BCUT2D eigenvalue weighted by molar-refractivity contribution is 5.97. The summed E-state index contributed by atoms with van der Waals surface area (Å²) >= 11 is 0. The van der Waals surface area contributed by atoms with Crippen LogP contribution in [0.25, 0.3) is 0 Å². The van der Waals surface area contributed by atoms with E-state index in [-0.39, 0.29) is 74.2 Å². The van der Waals surface area contributed by atoms with E-state index in [4.69, 9.17) is 26.4 Å². The van der Waals surface area contributed by atoms with Crippen LogP contribution >= 0.6 is 0 Å². The van der Waals surface area contributed by atoms with Crippen LogP contribution in [0.5, 0.6) is 0 Å². The molecule has 1 aliphatic rings. The molecule has 2 unspecified atom stereocenters. The number of hydrogen-bond donors (Lipinski definition) is 7. The first kappa shape index (κ1) is 74.2. The summed E-state index contributed by atoms with van der Waals surface area (Å²) in [7, 11) is 6.11. The first-order valence-corrected chi connectivity index (χ1v) is 30.7. The summed E-state index contributed by atoms with van der Waals surface area (Å²) in [6, 6.07) is 10.3. The van der Waals surface area contributed by atoms with E-state index in [1.165, 1.54) is 26.2 Å². The van der Waals surface area contributed by atoms with Gasteiger partial charge in [0.05, 0.1) is 54.8 Å². The predicted molar refractivity (Wildman–Crippen MR) is 333 cm³/mol. The van der Waals surface area contributed by atoms with E-state index in [0.29, 0.717) is 61.9 Å². The Morgan fingerprint density at radius 2 is 1.43 bits per heavy atom. The minimum Gasteiger partial charge on any atom is -0.445 e. The maximum atomic E-state index is 14.8. The molecule has 22 heteroatoms. The minimum absolute atomic E-state index is 0.0822. The zero-order chi connectivity index (χ0) is 65.2. The van der Waals surface area contributed by atoms with Crippen molar-refractivity contribution in [3.05, 3.63) is 65.7 Å². The van der Waals surface area contributed by atoms with E-state index in [1.807, 2.05) is 45.9 Å². The number of primary amides is 1. The topological polar surface area (TPSA) is 297 Å². The van der Waals surface area contributed by atoms with Crippen molar-refractivity contribution in [1.82, 2.24) is 36.0 Å². The number of likely N-dealkylation sites (N-methyl/N-ethyl adjacent to an activating group) is 2. The minimum atomic E-state index is -1.07. The van der Waals surface area contributed by atoms with Gasteiger partial charge in [0.25, 0.3) is 0 Å². The molecular weight excluding hydrogens is 1110 g/mol. The lowest BCUT2D eigenvalue weighted by Gasteiger charge is -2.41. The monoisotopic (exact) mass is 1220 g/mol. The number of hydrogen-bond acceptors (Lipinski definition) is 13. The maximum absolute atomic E-state index is 14.8. The number of ketones is 1. The number of Topliss-reactive ketones (excluding diaryl/α,β-unsaturated/α-hetero) is 1. The van der Waals surface area contributed by atoms with Gasteiger partial charge in [-0.25, -0.2) is 9.59 Å². The number of methoxy groups -OCH3 is 2. The van der Waals surface area contributed by atoms with Gasteiger partial charge in [-0.1, -0.05) is 111 Å². The lowest BCUT2D eigenvalue weighted by molar-refractivity contribution is -0.148. The predicted octanol–water partition coefficient (Wildman–Crippen LogP) is 6.49. The number of urea groups is 1. The van der Waals surface area contributed by atoms with E-state index in [1.54, 1.807) is 94.8 Å². The summed E-state index contributed by atoms with van der Waals surface area (Å²) in [5.41, 5.74) is 6.86. The van der Waals surface area contributed by atoms with Gasteiger partial charge in [-0.2, -0.15) is 0 Å². The lowest BCUT2D eigenvalue weighted by Crippen LogP contribution is -2.60. The number of anilines is 1. The molecule has 1 fully saturated rings. The van der Waals surface area contributed by atoms with Crippen molar-refractivity contribution in [2.75, 3.05) is 46.7 Å². The highest BCUT2D eigenvalue weighted by Gasteiger charge is 2.44. The summed E-state index contributed by atoms with van der Waals surface area (Å²) in [6.07, 6.45) is 5.44. The van der Waals surface area contributed by atoms with Crippen molar-refractivity contribution in [2.45, 2.75) is 195 Å². The second-order valence-corrected chi connectivity index (χ2v) is 24.2. The highest BCUT2D eigenvalue weighted by atomic mass is 16.6. The number of rotatable bonds is 36. The van der Waals surface area contributed by atoms with Crippen LogP contribution in [-0.2, 0) is 54.4 Å². The van der Waals surface area contributed by atoms with Crippen molar-refractivity contribution < 1.29 is 62.5 Å². The van der Waals surface area contributed by atoms with Gasteiger partial charge in [0.15, 0.2) is 5.78 Å². The molecule has 484 valence electrons. The van der Waals surface area contributed by atoms with Crippen LogP contribution in [0.4, 0.5) is 15.3 Å². The third-order valence-corrected chi connectivity index (χ3v) is 16.6. The van der Waals surface area contributed by atoms with Crippen LogP contribution in [0.2, 0.25) is 0 Å². The van der Waals surface area contributed by atoms with E-state index < -0.39 is 108 Å². The Bertz CT molecular complexity index is 2600. The number of unbranched alkanes of at least 4 members (excludes halogenated alkanes) is 1. The Balaban J connectivity index is 1.71. The molecule has 1 heterocycles. The Kier molecular flexibility index (Phi) is 31.5. The van der Waals surface area contributed by atoms with Crippen LogP contribution in [0.15, 0.2) is 54.6 Å².